The number of hydrogen-bond acceptors (Lipinski definition) is 8. The molecule has 46 heavy (non-hydrogen) atoms. The lowest BCUT2D eigenvalue weighted by Gasteiger charge is -2.29. The molecule has 1 aromatic heterocycles. The summed E-state index contributed by atoms with van der Waals surface area (Å²) in [6, 6.07) is 6.54. The summed E-state index contributed by atoms with van der Waals surface area (Å²) in [5, 5.41) is 3.37. The van der Waals surface area contributed by atoms with Gasteiger partial charge in [-0.25, -0.2) is 23.9 Å². The monoisotopic (exact) mass is 629 g/mol. The van der Waals surface area contributed by atoms with E-state index in [1.165, 1.54) is 17.0 Å². The number of ether oxygens (including phenoxy) is 2. The van der Waals surface area contributed by atoms with Crippen LogP contribution in [0, 0.1) is 18.7 Å². The first-order valence-electron chi connectivity index (χ1n) is 15.2. The number of methoxy groups -OCH3 is 1. The first kappa shape index (κ1) is 30.9. The first-order valence-corrected chi connectivity index (χ1v) is 15.2. The molecule has 2 fully saturated rings. The summed E-state index contributed by atoms with van der Waals surface area (Å²) in [5.74, 6) is -0.0827. The van der Waals surface area contributed by atoms with Crippen LogP contribution in [0.15, 0.2) is 48.6 Å². The summed E-state index contributed by atoms with van der Waals surface area (Å²) in [7, 11) is 1.55. The molecule has 2 aliphatic heterocycles. The van der Waals surface area contributed by atoms with Gasteiger partial charge in [0, 0.05) is 30.0 Å². The van der Waals surface area contributed by atoms with Crippen LogP contribution in [0.3, 0.4) is 0 Å². The van der Waals surface area contributed by atoms with Crippen molar-refractivity contribution in [2.24, 2.45) is 11.7 Å². The minimum absolute atomic E-state index is 0.0478. The molecule has 3 aliphatic rings. The summed E-state index contributed by atoms with van der Waals surface area (Å²) in [6.07, 6.45) is 7.45. The van der Waals surface area contributed by atoms with Crippen LogP contribution in [0.25, 0.3) is 22.3 Å². The lowest BCUT2D eigenvalue weighted by atomic mass is 10.1. The molecule has 0 spiro atoms. The van der Waals surface area contributed by atoms with E-state index in [4.69, 9.17) is 20.2 Å². The molecular formula is C33H34FN6O6. The van der Waals surface area contributed by atoms with Crippen molar-refractivity contribution in [3.63, 3.8) is 0 Å². The fourth-order valence-electron chi connectivity index (χ4n) is 6.18. The molecule has 12 nitrogen and oxygen atoms in total. The molecule has 3 N–H and O–H groups in total. The summed E-state index contributed by atoms with van der Waals surface area (Å²) in [6.45, 7) is 1.87. The molecule has 5 amide bonds. The zero-order chi connectivity index (χ0) is 32.6. The Morgan fingerprint density at radius 1 is 1.15 bits per heavy atom. The number of urea groups is 2. The Morgan fingerprint density at radius 2 is 1.93 bits per heavy atom. The zero-order valence-electron chi connectivity index (χ0n) is 25.5. The van der Waals surface area contributed by atoms with E-state index in [2.05, 4.69) is 10.3 Å². The van der Waals surface area contributed by atoms with Gasteiger partial charge >= 0.3 is 12.1 Å². The van der Waals surface area contributed by atoms with E-state index < -0.39 is 41.5 Å². The van der Waals surface area contributed by atoms with Crippen LogP contribution in [0.2, 0.25) is 0 Å². The summed E-state index contributed by atoms with van der Waals surface area (Å²) in [4.78, 5) is 63.4. The van der Waals surface area contributed by atoms with E-state index in [0.717, 1.165) is 10.5 Å². The number of carbonyl (C=O) groups is 3. The number of carbonyl (C=O) groups excluding carboxylic acids is 4. The number of benzene rings is 2. The summed E-state index contributed by atoms with van der Waals surface area (Å²) in [5.41, 5.74) is 6.27. The molecule has 4 unspecified atom stereocenters. The number of allylic oxidation sites excluding steroid dienone is 1. The normalized spacial score (nSPS) is 25.6. The number of aryl methyl sites for hydroxylation is 1. The van der Waals surface area contributed by atoms with Gasteiger partial charge in [-0.2, -0.15) is 4.98 Å². The van der Waals surface area contributed by atoms with Gasteiger partial charge in [-0.1, -0.05) is 12.2 Å². The molecular weight excluding hydrogens is 595 g/mol. The molecule has 4 atom stereocenters. The third kappa shape index (κ3) is 5.84. The third-order valence-corrected chi connectivity index (χ3v) is 8.86. The van der Waals surface area contributed by atoms with Crippen molar-refractivity contribution in [1.29, 1.82) is 0 Å². The largest absolute Gasteiger partial charge is 0.496 e. The predicted molar refractivity (Wildman–Crippen MR) is 165 cm³/mol. The van der Waals surface area contributed by atoms with Crippen LogP contribution in [0.4, 0.5) is 14.0 Å². The first-order chi connectivity index (χ1) is 22.1. The second-order valence-corrected chi connectivity index (χ2v) is 11.9. The van der Waals surface area contributed by atoms with E-state index in [0.29, 0.717) is 47.9 Å². The number of fused-ring (bicyclic) bond motifs is 3. The topological polar surface area (TPSA) is 157 Å². The number of nitrogens with zero attached hydrogens (tertiary/aromatic N) is 4. The molecule has 13 heteroatoms. The SMILES string of the molecule is COc1ccc2c(OC3CC4C(=O)NC5([C]=O)CC5/C=C/CCCCN(C(N)=O)C(=O)N4C3)nc(-c3ccc(F)cc3)nc2c1C. The van der Waals surface area contributed by atoms with Crippen molar-refractivity contribution in [2.45, 2.75) is 56.7 Å². The van der Waals surface area contributed by atoms with Crippen LogP contribution in [0.1, 0.15) is 37.7 Å². The average molecular weight is 630 g/mol. The number of rotatable bonds is 5. The van der Waals surface area contributed by atoms with Gasteiger partial charge in [-0.3, -0.25) is 9.59 Å². The highest BCUT2D eigenvalue weighted by atomic mass is 19.1. The van der Waals surface area contributed by atoms with Gasteiger partial charge in [0.15, 0.2) is 5.82 Å². The highest BCUT2D eigenvalue weighted by molar-refractivity contribution is 5.97. The summed E-state index contributed by atoms with van der Waals surface area (Å²) < 4.78 is 25.7. The fourth-order valence-corrected chi connectivity index (χ4v) is 6.18. The summed E-state index contributed by atoms with van der Waals surface area (Å²) >= 11 is 0. The number of hydrogen-bond donors (Lipinski definition) is 2. The van der Waals surface area contributed by atoms with Gasteiger partial charge in [0.25, 0.3) is 0 Å². The highest BCUT2D eigenvalue weighted by Crippen LogP contribution is 2.43. The fraction of sp³-hybridized carbons (Fsp3) is 0.394. The molecule has 3 heterocycles. The van der Waals surface area contributed by atoms with Crippen molar-refractivity contribution in [3.05, 3.63) is 59.9 Å². The van der Waals surface area contributed by atoms with Crippen LogP contribution < -0.4 is 20.5 Å². The standard InChI is InChI=1S/C33H34FN6O6/c1-19-26(45-2)13-12-24-27(19)36-28(20-8-10-22(34)11-9-20)37-30(24)46-23-15-25-29(42)38-33(18-41)16-21(33)7-5-3-4-6-14-39(31(35)43)32(44)40(25)17-23/h5,7-13,21,23,25H,3-4,6,14-17H2,1-2H3,(H2,35,43)(H,38,42)/b7-5+. The maximum atomic E-state index is 13.8. The van der Waals surface area contributed by atoms with E-state index in [1.54, 1.807) is 31.4 Å². The maximum absolute atomic E-state index is 13.8. The molecule has 1 radical (unpaired) electrons. The molecule has 1 aliphatic carbocycles. The number of nitrogens with one attached hydrogen (secondary N) is 1. The van der Waals surface area contributed by atoms with E-state index >= 15 is 0 Å². The van der Waals surface area contributed by atoms with Gasteiger partial charge in [0.05, 0.1) is 24.6 Å². The molecule has 239 valence electrons. The van der Waals surface area contributed by atoms with Gasteiger partial charge in [-0.15, -0.1) is 0 Å². The zero-order valence-corrected chi connectivity index (χ0v) is 25.5. The number of primary amides is 1. The number of nitrogens with two attached hydrogens (primary N) is 1. The van der Waals surface area contributed by atoms with Crippen LogP contribution in [0.5, 0.6) is 11.6 Å². The van der Waals surface area contributed by atoms with Crippen LogP contribution in [-0.2, 0) is 9.59 Å². The lowest BCUT2D eigenvalue weighted by Crippen LogP contribution is -2.55. The minimum Gasteiger partial charge on any atom is -0.496 e. The Balaban J connectivity index is 1.36. The molecule has 2 aromatic carbocycles. The number of halogens is 1. The average Bonchev–Trinajstić information content (AvgIpc) is 3.55. The predicted octanol–water partition coefficient (Wildman–Crippen LogP) is 3.80. The number of amides is 5. The highest BCUT2D eigenvalue weighted by Gasteiger charge is 2.56. The van der Waals surface area contributed by atoms with E-state index in [1.807, 2.05) is 25.4 Å². The molecule has 3 aromatic rings. The Bertz CT molecular complexity index is 1730. The van der Waals surface area contributed by atoms with E-state index in [-0.39, 0.29) is 37.1 Å². The third-order valence-electron chi connectivity index (χ3n) is 8.86. The smallest absolute Gasteiger partial charge is 0.328 e. The lowest BCUT2D eigenvalue weighted by molar-refractivity contribution is -0.125. The van der Waals surface area contributed by atoms with Crippen LogP contribution in [-0.4, -0.2) is 81.9 Å². The van der Waals surface area contributed by atoms with Gasteiger partial charge in [-0.05, 0) is 69.0 Å². The number of imide groups is 1. The van der Waals surface area contributed by atoms with Crippen molar-refractivity contribution >= 4 is 35.2 Å². The Labute approximate surface area is 264 Å². The van der Waals surface area contributed by atoms with Gasteiger partial charge < -0.3 is 25.4 Å². The van der Waals surface area contributed by atoms with Crippen molar-refractivity contribution in [2.75, 3.05) is 20.2 Å². The molecule has 6 rings (SSSR count). The second-order valence-electron chi connectivity index (χ2n) is 11.9. The van der Waals surface area contributed by atoms with E-state index in [9.17, 15) is 23.6 Å². The molecule has 1 saturated heterocycles. The Morgan fingerprint density at radius 3 is 2.65 bits per heavy atom. The van der Waals surface area contributed by atoms with Gasteiger partial charge in [0.1, 0.15) is 29.3 Å². The Hall–Kier alpha value is -5.07. The van der Waals surface area contributed by atoms with Crippen molar-refractivity contribution in [1.82, 2.24) is 25.1 Å². The van der Waals surface area contributed by atoms with Crippen molar-refractivity contribution < 1.29 is 33.0 Å². The quantitative estimate of drug-likeness (QED) is 0.404. The Kier molecular flexibility index (Phi) is 8.32. The minimum atomic E-state index is -1.17. The molecule has 1 saturated carbocycles. The van der Waals surface area contributed by atoms with Crippen molar-refractivity contribution in [3.8, 4) is 23.0 Å². The second kappa shape index (κ2) is 12.4. The number of aromatic nitrogens is 2. The van der Waals surface area contributed by atoms with Gasteiger partial charge in [0.2, 0.25) is 18.1 Å². The maximum Gasteiger partial charge on any atom is 0.328 e. The van der Waals surface area contributed by atoms with Crippen LogP contribution >= 0.6 is 0 Å². The molecule has 0 bridgehead atoms.